The maximum atomic E-state index is 11.5. The molecular formula is C18H19N3O4. The molecule has 1 amide bonds. The van der Waals surface area contributed by atoms with E-state index < -0.39 is 6.09 Å². The minimum atomic E-state index is -0.543. The van der Waals surface area contributed by atoms with Gasteiger partial charge >= 0.3 is 6.09 Å². The van der Waals surface area contributed by atoms with Gasteiger partial charge < -0.3 is 19.2 Å². The highest BCUT2D eigenvalue weighted by atomic mass is 16.5. The summed E-state index contributed by atoms with van der Waals surface area (Å²) in [6.07, 6.45) is -0.543. The molecule has 7 heteroatoms. The van der Waals surface area contributed by atoms with E-state index in [1.54, 1.807) is 21.1 Å². The second-order valence-corrected chi connectivity index (χ2v) is 5.23. The molecule has 0 aliphatic carbocycles. The Labute approximate surface area is 144 Å². The normalized spacial score (nSPS) is 10.5. The Balaban J connectivity index is 1.95. The highest BCUT2D eigenvalue weighted by Gasteiger charge is 2.11. The van der Waals surface area contributed by atoms with Crippen LogP contribution in [0.4, 0.5) is 10.7 Å². The van der Waals surface area contributed by atoms with E-state index in [4.69, 9.17) is 14.2 Å². The zero-order valence-corrected chi connectivity index (χ0v) is 14.3. The molecule has 0 unspecified atom stereocenters. The molecule has 0 saturated heterocycles. The molecule has 0 saturated carbocycles. The van der Waals surface area contributed by atoms with Gasteiger partial charge in [0.15, 0.2) is 0 Å². The minimum Gasteiger partial charge on any atom is -0.497 e. The van der Waals surface area contributed by atoms with E-state index in [1.165, 1.54) is 0 Å². The number of carbonyl (C=O) groups excluding carboxylic acids is 1. The quantitative estimate of drug-likeness (QED) is 0.737. The molecule has 2 N–H and O–H groups in total. The predicted octanol–water partition coefficient (Wildman–Crippen LogP) is 3.82. The smallest absolute Gasteiger partial charge is 0.413 e. The third kappa shape index (κ3) is 3.50. The molecule has 0 spiro atoms. The van der Waals surface area contributed by atoms with Crippen molar-refractivity contribution in [3.05, 3.63) is 36.4 Å². The van der Waals surface area contributed by atoms with Crippen molar-refractivity contribution in [3.63, 3.8) is 0 Å². The van der Waals surface area contributed by atoms with Crippen molar-refractivity contribution >= 4 is 23.1 Å². The van der Waals surface area contributed by atoms with Gasteiger partial charge in [-0.2, -0.15) is 0 Å². The van der Waals surface area contributed by atoms with Gasteiger partial charge in [-0.15, -0.1) is 0 Å². The molecule has 0 atom stereocenters. The van der Waals surface area contributed by atoms with Crippen LogP contribution in [0.3, 0.4) is 0 Å². The molecule has 3 rings (SSSR count). The lowest BCUT2D eigenvalue weighted by Gasteiger charge is -2.10. The molecular weight excluding hydrogens is 322 g/mol. The van der Waals surface area contributed by atoms with Gasteiger partial charge in [-0.05, 0) is 36.8 Å². The second-order valence-electron chi connectivity index (χ2n) is 5.23. The fourth-order valence-electron chi connectivity index (χ4n) is 2.53. The summed E-state index contributed by atoms with van der Waals surface area (Å²) in [5, 5.41) is 2.56. The van der Waals surface area contributed by atoms with Gasteiger partial charge in [0.2, 0.25) is 5.95 Å². The molecule has 1 heterocycles. The average Bonchev–Trinajstić information content (AvgIpc) is 3.02. The molecule has 0 radical (unpaired) electrons. The van der Waals surface area contributed by atoms with E-state index in [-0.39, 0.29) is 0 Å². The number of nitrogens with one attached hydrogen (secondary N) is 2. The van der Waals surface area contributed by atoms with E-state index in [1.807, 2.05) is 36.4 Å². The predicted molar refractivity (Wildman–Crippen MR) is 95.3 cm³/mol. The standard InChI is InChI=1S/C18H19N3O4/c1-4-25-18(22)21-17-19-14-8-5-11(9-15(14)20-17)13-7-6-12(23-2)10-16(13)24-3/h5-10H,4H2,1-3H3,(H2,19,20,21,22). The summed E-state index contributed by atoms with van der Waals surface area (Å²) >= 11 is 0. The van der Waals surface area contributed by atoms with Crippen molar-refractivity contribution in [2.75, 3.05) is 26.1 Å². The molecule has 1 aromatic heterocycles. The number of ether oxygens (including phenoxy) is 3. The number of methoxy groups -OCH3 is 2. The number of rotatable bonds is 5. The van der Waals surface area contributed by atoms with Crippen molar-refractivity contribution in [1.29, 1.82) is 0 Å². The number of aromatic amines is 1. The fraction of sp³-hybridized carbons (Fsp3) is 0.222. The number of benzene rings is 2. The first kappa shape index (κ1) is 16.6. The van der Waals surface area contributed by atoms with E-state index >= 15 is 0 Å². The van der Waals surface area contributed by atoms with Crippen molar-refractivity contribution in [1.82, 2.24) is 9.97 Å². The molecule has 0 aliphatic heterocycles. The number of imidazole rings is 1. The van der Waals surface area contributed by atoms with E-state index in [9.17, 15) is 4.79 Å². The molecule has 0 bridgehead atoms. The van der Waals surface area contributed by atoms with Crippen LogP contribution in [0.15, 0.2) is 36.4 Å². The van der Waals surface area contributed by atoms with Crippen LogP contribution in [0, 0.1) is 0 Å². The molecule has 2 aromatic carbocycles. The van der Waals surface area contributed by atoms with Crippen LogP contribution in [0.2, 0.25) is 0 Å². The topological polar surface area (TPSA) is 85.5 Å². The Morgan fingerprint density at radius 2 is 2.00 bits per heavy atom. The van der Waals surface area contributed by atoms with Gasteiger partial charge in [-0.1, -0.05) is 6.07 Å². The zero-order valence-electron chi connectivity index (χ0n) is 14.3. The third-order valence-corrected chi connectivity index (χ3v) is 3.70. The largest absolute Gasteiger partial charge is 0.497 e. The van der Waals surface area contributed by atoms with Crippen LogP contribution in [0.1, 0.15) is 6.92 Å². The first-order valence-electron chi connectivity index (χ1n) is 7.80. The summed E-state index contributed by atoms with van der Waals surface area (Å²) < 4.78 is 15.5. The molecule has 7 nitrogen and oxygen atoms in total. The van der Waals surface area contributed by atoms with E-state index in [0.29, 0.717) is 18.3 Å². The minimum absolute atomic E-state index is 0.299. The maximum Gasteiger partial charge on any atom is 0.413 e. The van der Waals surface area contributed by atoms with Gasteiger partial charge in [-0.3, -0.25) is 5.32 Å². The lowest BCUT2D eigenvalue weighted by atomic mass is 10.0. The summed E-state index contributed by atoms with van der Waals surface area (Å²) in [5.41, 5.74) is 3.40. The van der Waals surface area contributed by atoms with E-state index in [2.05, 4.69) is 15.3 Å². The van der Waals surface area contributed by atoms with Gasteiger partial charge in [0.05, 0.1) is 31.9 Å². The Morgan fingerprint density at radius 1 is 1.16 bits per heavy atom. The SMILES string of the molecule is CCOC(=O)Nc1nc2cc(-c3ccc(OC)cc3OC)ccc2[nH]1. The zero-order chi connectivity index (χ0) is 17.8. The number of amides is 1. The number of anilines is 1. The monoisotopic (exact) mass is 341 g/mol. The molecule has 3 aromatic rings. The Kier molecular flexibility index (Phi) is 4.74. The number of H-pyrrole nitrogens is 1. The Morgan fingerprint density at radius 3 is 2.72 bits per heavy atom. The summed E-state index contributed by atoms with van der Waals surface area (Å²) in [6.45, 7) is 2.04. The number of hydrogen-bond donors (Lipinski definition) is 2. The van der Waals surface area contributed by atoms with Crippen LogP contribution in [-0.2, 0) is 4.74 Å². The first-order chi connectivity index (χ1) is 12.1. The summed E-state index contributed by atoms with van der Waals surface area (Å²) in [7, 11) is 3.23. The van der Waals surface area contributed by atoms with Gasteiger partial charge in [0.25, 0.3) is 0 Å². The van der Waals surface area contributed by atoms with Gasteiger partial charge in [0.1, 0.15) is 11.5 Å². The Hall–Kier alpha value is -3.22. The number of nitrogens with zero attached hydrogens (tertiary/aromatic N) is 1. The van der Waals surface area contributed by atoms with E-state index in [0.717, 1.165) is 27.9 Å². The van der Waals surface area contributed by atoms with Crippen molar-refractivity contribution < 1.29 is 19.0 Å². The summed E-state index contributed by atoms with van der Waals surface area (Å²) in [5.74, 6) is 1.77. The Bertz CT molecular complexity index is 904. The highest BCUT2D eigenvalue weighted by Crippen LogP contribution is 2.34. The summed E-state index contributed by atoms with van der Waals surface area (Å²) in [4.78, 5) is 18.9. The lowest BCUT2D eigenvalue weighted by molar-refractivity contribution is 0.167. The number of hydrogen-bond acceptors (Lipinski definition) is 5. The molecule has 0 fully saturated rings. The second kappa shape index (κ2) is 7.12. The number of aromatic nitrogens is 2. The van der Waals surface area contributed by atoms with Crippen LogP contribution in [-0.4, -0.2) is 36.9 Å². The van der Waals surface area contributed by atoms with Crippen LogP contribution < -0.4 is 14.8 Å². The van der Waals surface area contributed by atoms with Crippen molar-refractivity contribution in [2.45, 2.75) is 6.92 Å². The average molecular weight is 341 g/mol. The molecule has 0 aliphatic rings. The van der Waals surface area contributed by atoms with Crippen LogP contribution in [0.5, 0.6) is 11.5 Å². The van der Waals surface area contributed by atoms with Crippen LogP contribution >= 0.6 is 0 Å². The lowest BCUT2D eigenvalue weighted by Crippen LogP contribution is -2.14. The van der Waals surface area contributed by atoms with Crippen LogP contribution in [0.25, 0.3) is 22.2 Å². The fourth-order valence-corrected chi connectivity index (χ4v) is 2.53. The first-order valence-corrected chi connectivity index (χ1v) is 7.80. The maximum absolute atomic E-state index is 11.5. The third-order valence-electron chi connectivity index (χ3n) is 3.70. The number of fused-ring (bicyclic) bond motifs is 1. The van der Waals surface area contributed by atoms with Crippen molar-refractivity contribution in [2.24, 2.45) is 0 Å². The van der Waals surface area contributed by atoms with Gasteiger partial charge in [0, 0.05) is 11.6 Å². The molecule has 130 valence electrons. The summed E-state index contributed by atoms with van der Waals surface area (Å²) in [6, 6.07) is 11.4. The molecule has 25 heavy (non-hydrogen) atoms. The van der Waals surface area contributed by atoms with Gasteiger partial charge in [-0.25, -0.2) is 9.78 Å². The highest BCUT2D eigenvalue weighted by molar-refractivity contribution is 5.88. The number of carbonyl (C=O) groups is 1. The van der Waals surface area contributed by atoms with Crippen molar-refractivity contribution in [3.8, 4) is 22.6 Å².